The first kappa shape index (κ1) is 28.5. The lowest BCUT2D eigenvalue weighted by Gasteiger charge is -2.08. The van der Waals surface area contributed by atoms with Crippen molar-refractivity contribution in [2.45, 2.75) is 52.1 Å². The zero-order valence-electron chi connectivity index (χ0n) is 22.2. The van der Waals surface area contributed by atoms with E-state index in [0.717, 1.165) is 29.0 Å². The molecule has 0 N–H and O–H groups in total. The highest BCUT2D eigenvalue weighted by Crippen LogP contribution is 2.18. The molecule has 0 unspecified atom stereocenters. The van der Waals surface area contributed by atoms with Gasteiger partial charge in [-0.3, -0.25) is 0 Å². The number of carbonyl (C=O) groups is 2. The van der Waals surface area contributed by atoms with Gasteiger partial charge in [0.1, 0.15) is 23.9 Å². The molecule has 0 heterocycles. The zero-order valence-corrected chi connectivity index (χ0v) is 22.2. The summed E-state index contributed by atoms with van der Waals surface area (Å²) in [6.07, 6.45) is 10.3. The lowest BCUT2D eigenvalue weighted by molar-refractivity contribution is -0.138. The molecule has 200 valence electrons. The molecule has 6 heteroatoms. The van der Waals surface area contributed by atoms with Gasteiger partial charge in [0.05, 0.1) is 19.3 Å². The van der Waals surface area contributed by atoms with Gasteiger partial charge in [-0.25, -0.2) is 9.59 Å². The van der Waals surface area contributed by atoms with Crippen LogP contribution in [0.3, 0.4) is 0 Å². The minimum Gasteiger partial charge on any atom is -0.497 e. The lowest BCUT2D eigenvalue weighted by Crippen LogP contribution is -2.08. The molecule has 0 aliphatic rings. The normalized spacial score (nSPS) is 10.8. The summed E-state index contributed by atoms with van der Waals surface area (Å²) in [5, 5.41) is 0. The second kappa shape index (κ2) is 15.9. The Labute approximate surface area is 225 Å². The predicted molar refractivity (Wildman–Crippen MR) is 149 cm³/mol. The van der Waals surface area contributed by atoms with Crippen LogP contribution in [0.25, 0.3) is 6.08 Å². The van der Waals surface area contributed by atoms with Crippen LogP contribution in [0, 0.1) is 0 Å². The van der Waals surface area contributed by atoms with Crippen LogP contribution < -0.4 is 14.2 Å². The van der Waals surface area contributed by atoms with Crippen LogP contribution in [-0.4, -0.2) is 25.7 Å². The van der Waals surface area contributed by atoms with Gasteiger partial charge in [0.2, 0.25) is 0 Å². The van der Waals surface area contributed by atoms with Crippen LogP contribution in [0.4, 0.5) is 0 Å². The Morgan fingerprint density at radius 1 is 0.737 bits per heavy atom. The van der Waals surface area contributed by atoms with Gasteiger partial charge in [-0.1, -0.05) is 63.3 Å². The summed E-state index contributed by atoms with van der Waals surface area (Å²) < 4.78 is 21.6. The van der Waals surface area contributed by atoms with E-state index in [1.54, 1.807) is 61.7 Å². The van der Waals surface area contributed by atoms with Crippen molar-refractivity contribution in [1.29, 1.82) is 0 Å². The van der Waals surface area contributed by atoms with Gasteiger partial charge in [0.25, 0.3) is 0 Å². The molecule has 0 aliphatic carbocycles. The van der Waals surface area contributed by atoms with Gasteiger partial charge in [0.15, 0.2) is 0 Å². The van der Waals surface area contributed by atoms with Crippen molar-refractivity contribution in [1.82, 2.24) is 0 Å². The van der Waals surface area contributed by atoms with Crippen molar-refractivity contribution >= 4 is 18.0 Å². The van der Waals surface area contributed by atoms with E-state index in [9.17, 15) is 9.59 Å². The van der Waals surface area contributed by atoms with Gasteiger partial charge in [0, 0.05) is 6.08 Å². The van der Waals surface area contributed by atoms with Gasteiger partial charge in [-0.2, -0.15) is 0 Å². The van der Waals surface area contributed by atoms with Crippen LogP contribution in [0.5, 0.6) is 17.2 Å². The molecule has 0 saturated heterocycles. The molecule has 0 radical (unpaired) electrons. The second-order valence-electron chi connectivity index (χ2n) is 8.89. The summed E-state index contributed by atoms with van der Waals surface area (Å²) >= 11 is 0. The first-order chi connectivity index (χ1) is 18.6. The molecule has 6 nitrogen and oxygen atoms in total. The van der Waals surface area contributed by atoms with E-state index in [2.05, 4.69) is 6.92 Å². The molecule has 0 spiro atoms. The SMILES string of the molecule is CCCCCCCCOc1ccc(C(=O)Oc2ccc(/C=C/C(=O)OCc3ccc(OC)cc3)cc2)cc1. The summed E-state index contributed by atoms with van der Waals surface area (Å²) in [6.45, 7) is 3.07. The van der Waals surface area contributed by atoms with Gasteiger partial charge in [-0.15, -0.1) is 0 Å². The fraction of sp³-hybridized carbons (Fsp3) is 0.312. The molecule has 0 aliphatic heterocycles. The van der Waals surface area contributed by atoms with E-state index < -0.39 is 11.9 Å². The number of methoxy groups -OCH3 is 1. The van der Waals surface area contributed by atoms with E-state index in [-0.39, 0.29) is 6.61 Å². The summed E-state index contributed by atoms with van der Waals surface area (Å²) in [4.78, 5) is 24.5. The summed E-state index contributed by atoms with van der Waals surface area (Å²) in [7, 11) is 1.60. The van der Waals surface area contributed by atoms with Gasteiger partial charge >= 0.3 is 11.9 Å². The summed E-state index contributed by atoms with van der Waals surface area (Å²) in [5.74, 6) is 1.01. The van der Waals surface area contributed by atoms with E-state index in [1.165, 1.54) is 38.2 Å². The Morgan fingerprint density at radius 3 is 2.05 bits per heavy atom. The predicted octanol–water partition coefficient (Wildman–Crippen LogP) is 7.41. The van der Waals surface area contributed by atoms with Crippen molar-refractivity contribution in [2.75, 3.05) is 13.7 Å². The molecular weight excluding hydrogens is 480 g/mol. The van der Waals surface area contributed by atoms with Crippen LogP contribution in [0.2, 0.25) is 0 Å². The highest BCUT2D eigenvalue weighted by atomic mass is 16.5. The molecule has 3 aromatic carbocycles. The average Bonchev–Trinajstić information content (AvgIpc) is 2.95. The molecule has 3 rings (SSSR count). The molecule has 38 heavy (non-hydrogen) atoms. The average molecular weight is 517 g/mol. The number of benzene rings is 3. The number of carbonyl (C=O) groups excluding carboxylic acids is 2. The Bertz CT molecular complexity index is 1150. The largest absolute Gasteiger partial charge is 0.497 e. The molecule has 3 aromatic rings. The maximum absolute atomic E-state index is 12.5. The third-order valence-electron chi connectivity index (χ3n) is 5.90. The van der Waals surface area contributed by atoms with Gasteiger partial charge in [-0.05, 0) is 72.2 Å². The fourth-order valence-corrected chi connectivity index (χ4v) is 3.66. The first-order valence-electron chi connectivity index (χ1n) is 13.1. The molecule has 0 aromatic heterocycles. The second-order valence-corrected chi connectivity index (χ2v) is 8.89. The Morgan fingerprint density at radius 2 is 1.37 bits per heavy atom. The van der Waals surface area contributed by atoms with E-state index in [4.69, 9.17) is 18.9 Å². The number of hydrogen-bond donors (Lipinski definition) is 0. The van der Waals surface area contributed by atoms with E-state index >= 15 is 0 Å². The maximum Gasteiger partial charge on any atom is 0.343 e. The van der Waals surface area contributed by atoms with E-state index in [0.29, 0.717) is 17.9 Å². The summed E-state index contributed by atoms with van der Waals surface area (Å²) in [6, 6.07) is 21.2. The third kappa shape index (κ3) is 10.1. The maximum atomic E-state index is 12.5. The quantitative estimate of drug-likeness (QED) is 0.0906. The minimum absolute atomic E-state index is 0.175. The zero-order chi connectivity index (χ0) is 27.0. The Hall–Kier alpha value is -4.06. The number of hydrogen-bond acceptors (Lipinski definition) is 6. The number of ether oxygens (including phenoxy) is 4. The molecule has 0 atom stereocenters. The first-order valence-corrected chi connectivity index (χ1v) is 13.1. The van der Waals surface area contributed by atoms with Crippen molar-refractivity contribution in [3.8, 4) is 17.2 Å². The topological polar surface area (TPSA) is 71.1 Å². The highest BCUT2D eigenvalue weighted by molar-refractivity contribution is 5.91. The standard InChI is InChI=1S/C32H36O6/c1-3-4-5-6-7-8-23-36-29-20-14-27(15-21-29)32(34)38-30-18-9-25(10-19-30)13-22-31(33)37-24-26-11-16-28(35-2)17-12-26/h9-22H,3-8,23-24H2,1-2H3/b22-13+. The smallest absolute Gasteiger partial charge is 0.343 e. The fourth-order valence-electron chi connectivity index (χ4n) is 3.66. The summed E-state index contributed by atoms with van der Waals surface area (Å²) in [5.41, 5.74) is 2.09. The molecule has 0 saturated carbocycles. The van der Waals surface area contributed by atoms with Crippen LogP contribution in [0.1, 0.15) is 66.9 Å². The van der Waals surface area contributed by atoms with Crippen molar-refractivity contribution < 1.29 is 28.5 Å². The molecule has 0 fully saturated rings. The lowest BCUT2D eigenvalue weighted by atomic mass is 10.1. The van der Waals surface area contributed by atoms with Crippen LogP contribution in [0.15, 0.2) is 78.9 Å². The van der Waals surface area contributed by atoms with Crippen molar-refractivity contribution in [2.24, 2.45) is 0 Å². The molecule has 0 bridgehead atoms. The third-order valence-corrected chi connectivity index (χ3v) is 5.90. The van der Waals surface area contributed by atoms with E-state index in [1.807, 2.05) is 24.3 Å². The van der Waals surface area contributed by atoms with Crippen LogP contribution in [-0.2, 0) is 16.1 Å². The highest BCUT2D eigenvalue weighted by Gasteiger charge is 2.09. The number of esters is 2. The molecular formula is C32H36O6. The monoisotopic (exact) mass is 516 g/mol. The minimum atomic E-state index is -0.448. The van der Waals surface area contributed by atoms with Crippen LogP contribution >= 0.6 is 0 Å². The Kier molecular flexibility index (Phi) is 11.9. The van der Waals surface area contributed by atoms with Gasteiger partial charge < -0.3 is 18.9 Å². The molecule has 0 amide bonds. The Balaban J connectivity index is 1.39. The van der Waals surface area contributed by atoms with Crippen molar-refractivity contribution in [3.05, 3.63) is 95.6 Å². The number of unbranched alkanes of at least 4 members (excludes halogenated alkanes) is 5. The van der Waals surface area contributed by atoms with Crippen molar-refractivity contribution in [3.63, 3.8) is 0 Å². The number of rotatable bonds is 15.